The van der Waals surface area contributed by atoms with E-state index in [9.17, 15) is 43.2 Å². The molecule has 0 radical (unpaired) electrons. The lowest BCUT2D eigenvalue weighted by Gasteiger charge is -2.21. The van der Waals surface area contributed by atoms with E-state index in [-0.39, 0.29) is 25.7 Å². The van der Waals surface area contributed by atoms with Gasteiger partial charge in [-0.1, -0.05) is 292 Å². The Kier molecular flexibility index (Phi) is 76.0. The van der Waals surface area contributed by atoms with Crippen molar-refractivity contribution in [3.05, 3.63) is 207 Å². The third-order valence-electron chi connectivity index (χ3n) is 16.2. The van der Waals surface area contributed by atoms with E-state index in [1.165, 1.54) is 0 Å². The minimum atomic E-state index is -5.02. The molecule has 0 saturated carbocycles. The van der Waals surface area contributed by atoms with E-state index in [4.69, 9.17) is 37.0 Å². The summed E-state index contributed by atoms with van der Waals surface area (Å²) in [5.74, 6) is -2.37. The molecule has 0 amide bonds. The van der Waals surface area contributed by atoms with Crippen molar-refractivity contribution in [1.29, 1.82) is 0 Å². The Bertz CT molecular complexity index is 2900. The molecule has 0 saturated heterocycles. The van der Waals surface area contributed by atoms with Gasteiger partial charge in [0.25, 0.3) is 0 Å². The molecule has 0 bridgehead atoms. The van der Waals surface area contributed by atoms with E-state index in [2.05, 4.69) is 216 Å². The SMILES string of the molecule is CC/C=C\C/C=C\C/C=C\C/C=C\C/C=C\C/C=C\CCC(=O)OCC(COP(=O)(O)OCC(O)COP(=O)(O)OCC(COC(=O)CCCCCCCCC/C=C\C/C=C\C/C=C\CC)OC(=O)CCCC/C=C\C/C=C\C/C=C\C/C=C\CC)OC(=O)CCCCCCCC/C=C\C/C=C\C/C=C\C/C=C\CC. The monoisotopic (exact) mass is 1570 g/mol. The molecule has 0 spiro atoms. The number of ether oxygens (including phenoxy) is 4. The zero-order chi connectivity index (χ0) is 80.3. The van der Waals surface area contributed by atoms with Crippen LogP contribution in [0.4, 0.5) is 0 Å². The molecule has 0 aliphatic heterocycles. The van der Waals surface area contributed by atoms with Gasteiger partial charge in [0.1, 0.15) is 19.3 Å². The molecule has 3 N–H and O–H groups in total. The lowest BCUT2D eigenvalue weighted by molar-refractivity contribution is -0.161. The van der Waals surface area contributed by atoms with Crippen molar-refractivity contribution in [3.63, 3.8) is 0 Å². The third-order valence-corrected chi connectivity index (χ3v) is 18.1. The maximum absolute atomic E-state index is 13.1. The number of unbranched alkanes of at least 4 members (excludes halogenated alkanes) is 15. The number of rotatable bonds is 75. The highest BCUT2D eigenvalue weighted by Crippen LogP contribution is 2.45. The molecule has 17 nitrogen and oxygen atoms in total. The number of hydrogen-bond acceptors (Lipinski definition) is 15. The number of carbonyl (C=O) groups is 4. The molecule has 5 unspecified atom stereocenters. The van der Waals surface area contributed by atoms with Crippen molar-refractivity contribution >= 4 is 39.5 Å². The Morgan fingerprint density at radius 3 is 0.755 bits per heavy atom. The predicted molar refractivity (Wildman–Crippen MR) is 454 cm³/mol. The van der Waals surface area contributed by atoms with Gasteiger partial charge < -0.3 is 33.8 Å². The molecule has 0 aromatic carbocycles. The van der Waals surface area contributed by atoms with Crippen LogP contribution >= 0.6 is 15.6 Å². The maximum atomic E-state index is 13.1. The molecule has 0 aliphatic rings. The fraction of sp³-hybridized carbons (Fsp3) is 0.582. The summed E-state index contributed by atoms with van der Waals surface area (Å²) in [6.07, 6.45) is 101. The first-order chi connectivity index (χ1) is 53.7. The summed E-state index contributed by atoms with van der Waals surface area (Å²) in [5, 5.41) is 10.7. The highest BCUT2D eigenvalue weighted by molar-refractivity contribution is 7.47. The fourth-order valence-corrected chi connectivity index (χ4v) is 11.7. The average molecular weight is 1570 g/mol. The Labute approximate surface area is 665 Å². The highest BCUT2D eigenvalue weighted by Gasteiger charge is 2.30. The summed E-state index contributed by atoms with van der Waals surface area (Å²) in [6.45, 7) is 4.24. The topological polar surface area (TPSA) is 237 Å². The van der Waals surface area contributed by atoms with Crippen LogP contribution in [0.15, 0.2) is 207 Å². The first kappa shape index (κ1) is 104. The second-order valence-corrected chi connectivity index (χ2v) is 29.4. The minimum Gasteiger partial charge on any atom is -0.462 e. The highest BCUT2D eigenvalue weighted by atomic mass is 31.2. The van der Waals surface area contributed by atoms with E-state index in [1.807, 2.05) is 18.2 Å². The lowest BCUT2D eigenvalue weighted by atomic mass is 10.1. The van der Waals surface area contributed by atoms with Crippen LogP contribution in [-0.4, -0.2) is 96.7 Å². The number of phosphoric acid groups is 2. The van der Waals surface area contributed by atoms with Crippen LogP contribution in [0, 0.1) is 0 Å². The van der Waals surface area contributed by atoms with Crippen LogP contribution in [0.3, 0.4) is 0 Å². The Morgan fingerprint density at radius 1 is 0.255 bits per heavy atom. The van der Waals surface area contributed by atoms with Gasteiger partial charge in [0.15, 0.2) is 12.2 Å². The lowest BCUT2D eigenvalue weighted by Crippen LogP contribution is -2.30. The van der Waals surface area contributed by atoms with Gasteiger partial charge in [-0.3, -0.25) is 37.3 Å². The molecule has 620 valence electrons. The number of hydrogen-bond donors (Lipinski definition) is 3. The second kappa shape index (κ2) is 80.7. The van der Waals surface area contributed by atoms with E-state index in [0.717, 1.165) is 193 Å². The van der Waals surface area contributed by atoms with Crippen LogP contribution in [0.2, 0.25) is 0 Å². The van der Waals surface area contributed by atoms with E-state index >= 15 is 0 Å². The first-order valence-electron chi connectivity index (χ1n) is 41.3. The smallest absolute Gasteiger partial charge is 0.462 e. The molecule has 110 heavy (non-hydrogen) atoms. The third kappa shape index (κ3) is 79.7. The minimum absolute atomic E-state index is 0.0233. The van der Waals surface area contributed by atoms with Gasteiger partial charge in [0, 0.05) is 25.7 Å². The van der Waals surface area contributed by atoms with Gasteiger partial charge in [-0.2, -0.15) is 0 Å². The molecule has 0 aliphatic carbocycles. The van der Waals surface area contributed by atoms with Crippen LogP contribution in [0.5, 0.6) is 0 Å². The van der Waals surface area contributed by atoms with Crippen LogP contribution in [0.25, 0.3) is 0 Å². The van der Waals surface area contributed by atoms with Crippen LogP contribution in [-0.2, 0) is 65.4 Å². The van der Waals surface area contributed by atoms with Crippen molar-refractivity contribution in [2.45, 2.75) is 303 Å². The van der Waals surface area contributed by atoms with E-state index in [1.54, 1.807) is 0 Å². The van der Waals surface area contributed by atoms with Crippen molar-refractivity contribution < 1.29 is 80.2 Å². The first-order valence-corrected chi connectivity index (χ1v) is 44.3. The molecule has 5 atom stereocenters. The van der Waals surface area contributed by atoms with Crippen LogP contribution in [0.1, 0.15) is 285 Å². The molecular formula is C91H144O17P2. The number of allylic oxidation sites excluding steroid dienone is 34. The average Bonchev–Trinajstić information content (AvgIpc) is 0.900. The zero-order valence-corrected chi connectivity index (χ0v) is 69.6. The van der Waals surface area contributed by atoms with Crippen molar-refractivity contribution in [1.82, 2.24) is 0 Å². The van der Waals surface area contributed by atoms with Crippen molar-refractivity contribution in [2.75, 3.05) is 39.6 Å². The zero-order valence-electron chi connectivity index (χ0n) is 67.8. The second-order valence-electron chi connectivity index (χ2n) is 26.5. The number of esters is 4. The van der Waals surface area contributed by atoms with E-state index in [0.29, 0.717) is 38.5 Å². The predicted octanol–water partition coefficient (Wildman–Crippen LogP) is 24.7. The van der Waals surface area contributed by atoms with Gasteiger partial charge in [-0.05, 0) is 173 Å². The number of carbonyl (C=O) groups excluding carboxylic acids is 4. The summed E-state index contributed by atoms with van der Waals surface area (Å²) in [6, 6.07) is 0. The van der Waals surface area contributed by atoms with Crippen LogP contribution < -0.4 is 0 Å². The summed E-state index contributed by atoms with van der Waals surface area (Å²) < 4.78 is 68.6. The Morgan fingerprint density at radius 2 is 0.464 bits per heavy atom. The molecule has 0 rings (SSSR count). The normalized spacial score (nSPS) is 14.9. The molecular weight excluding hydrogens is 1430 g/mol. The molecule has 0 fully saturated rings. The molecule has 0 aromatic rings. The summed E-state index contributed by atoms with van der Waals surface area (Å²) >= 11 is 0. The molecule has 0 heterocycles. The summed E-state index contributed by atoms with van der Waals surface area (Å²) in [5.41, 5.74) is 0. The van der Waals surface area contributed by atoms with Gasteiger partial charge in [0.2, 0.25) is 0 Å². The fourth-order valence-electron chi connectivity index (χ4n) is 10.1. The number of phosphoric ester groups is 2. The van der Waals surface area contributed by atoms with Gasteiger partial charge >= 0.3 is 39.5 Å². The van der Waals surface area contributed by atoms with Gasteiger partial charge in [-0.25, -0.2) is 9.13 Å². The number of aliphatic hydroxyl groups excluding tert-OH is 1. The maximum Gasteiger partial charge on any atom is 0.472 e. The largest absolute Gasteiger partial charge is 0.472 e. The Balaban J connectivity index is 5.52. The quantitative estimate of drug-likeness (QED) is 0.0169. The van der Waals surface area contributed by atoms with Crippen molar-refractivity contribution in [2.24, 2.45) is 0 Å². The van der Waals surface area contributed by atoms with Gasteiger partial charge in [0.05, 0.1) is 26.4 Å². The standard InChI is InChI=1S/C91H144O17P2/c1-5-9-13-17-21-25-29-33-37-40-42-45-49-52-56-60-64-68-72-76-89(94)102-82-87(108-91(96)78-74-70-66-62-58-54-50-46-43-41-38-34-30-26-22-18-14-10-6-2)84-106-110(99,100)104-80-85(92)79-103-109(97,98)105-83-86(107-90(95)77-73-69-65-61-57-53-47-36-32-28-24-20-16-12-8-4)81-101-88(93)75-71-67-63-59-55-51-48-44-39-35-31-27-23-19-15-11-7-3/h9-16,21-28,33-39,42-43,45-47,52,56-57,61,64,68,85-87,92H,5-8,17-20,29-32,40-41,44,48-51,53-55,58-60,62-63,65-67,69-84H2,1-4H3,(H,97,98)(H,99,100)/b13-9-,14-10-,15-11-,16-12-,25-21-,26-22-,27-23-,28-24-,37-33-,38-34-,39-35-,45-42-,46-43-,47-36-,56-52-,61-57-,68-64-. The van der Waals surface area contributed by atoms with Gasteiger partial charge in [-0.15, -0.1) is 0 Å². The Hall–Kier alpha value is -6.36. The number of aliphatic hydroxyl groups is 1. The molecule has 19 heteroatoms. The van der Waals surface area contributed by atoms with Crippen molar-refractivity contribution in [3.8, 4) is 0 Å². The summed E-state index contributed by atoms with van der Waals surface area (Å²) in [7, 11) is -10.0. The van der Waals surface area contributed by atoms with E-state index < -0.39 is 97.5 Å². The molecule has 0 aromatic heterocycles. The summed E-state index contributed by atoms with van der Waals surface area (Å²) in [4.78, 5) is 73.2.